The first-order chi connectivity index (χ1) is 24.8. The molecule has 1 aliphatic heterocycles. The monoisotopic (exact) mass is 673 g/mol. The molecule has 0 aromatic rings. The maximum atomic E-state index is 6.81. The third-order valence-corrected chi connectivity index (χ3v) is 19.8. The normalized spacial score (nSPS) is 54.6. The van der Waals surface area contributed by atoms with Crippen LogP contribution in [0.25, 0.3) is 0 Å². The van der Waals surface area contributed by atoms with Gasteiger partial charge in [0.2, 0.25) is 0 Å². The number of hydrogen-bond acceptors (Lipinski definition) is 1. The number of ether oxygens (including phenoxy) is 1. The number of fused-ring (bicyclic) bond motifs is 17. The molecular weight excluding hydrogens is 605 g/mol. The van der Waals surface area contributed by atoms with Crippen molar-refractivity contribution in [2.24, 2.45) is 88.3 Å². The molecule has 5 saturated carbocycles. The van der Waals surface area contributed by atoms with Crippen LogP contribution in [-0.4, -0.2) is 12.2 Å². The van der Waals surface area contributed by atoms with Crippen molar-refractivity contribution in [2.45, 2.75) is 166 Å². The lowest BCUT2D eigenvalue weighted by molar-refractivity contribution is -0.00909. The average molecular weight is 673 g/mol. The topological polar surface area (TPSA) is 9.23 Å². The van der Waals surface area contributed by atoms with Gasteiger partial charge in [-0.05, 0) is 193 Å². The van der Waals surface area contributed by atoms with Crippen molar-refractivity contribution in [2.75, 3.05) is 0 Å². The maximum absolute atomic E-state index is 6.81. The first kappa shape index (κ1) is 31.3. The fourth-order valence-corrected chi connectivity index (χ4v) is 18.6. The van der Waals surface area contributed by atoms with Gasteiger partial charge in [-0.3, -0.25) is 0 Å². The van der Waals surface area contributed by atoms with Crippen LogP contribution in [0.2, 0.25) is 0 Å². The van der Waals surface area contributed by atoms with Gasteiger partial charge in [-0.2, -0.15) is 0 Å². The van der Waals surface area contributed by atoms with Gasteiger partial charge < -0.3 is 4.74 Å². The van der Waals surface area contributed by atoms with Gasteiger partial charge >= 0.3 is 0 Å². The minimum Gasteiger partial charge on any atom is -0.374 e. The Labute approximate surface area is 305 Å². The van der Waals surface area contributed by atoms with Gasteiger partial charge in [-0.15, -0.1) is 0 Å². The zero-order valence-corrected chi connectivity index (χ0v) is 31.4. The van der Waals surface area contributed by atoms with E-state index in [2.05, 4.69) is 46.6 Å². The highest BCUT2D eigenvalue weighted by molar-refractivity contribution is 5.45. The highest BCUT2D eigenvalue weighted by Gasteiger charge is 2.70. The van der Waals surface area contributed by atoms with Crippen LogP contribution in [0.4, 0.5) is 0 Å². The van der Waals surface area contributed by atoms with Crippen molar-refractivity contribution in [3.8, 4) is 0 Å². The Bertz CT molecular complexity index is 1490. The molecule has 50 heavy (non-hydrogen) atoms. The number of allylic oxidation sites excluding steroid dienone is 7. The van der Waals surface area contributed by atoms with Crippen LogP contribution in [0.15, 0.2) is 46.6 Å². The Kier molecular flexibility index (Phi) is 7.48. The molecule has 1 spiro atoms. The quantitative estimate of drug-likeness (QED) is 0.252. The molecule has 12 aliphatic rings. The van der Waals surface area contributed by atoms with Crippen molar-refractivity contribution >= 4 is 0 Å². The van der Waals surface area contributed by atoms with Crippen LogP contribution in [0.3, 0.4) is 0 Å². The summed E-state index contributed by atoms with van der Waals surface area (Å²) < 4.78 is 6.81. The molecule has 270 valence electrons. The summed E-state index contributed by atoms with van der Waals surface area (Å²) in [5, 5.41) is 0. The van der Waals surface area contributed by atoms with Crippen molar-refractivity contribution in [3.63, 3.8) is 0 Å². The summed E-state index contributed by atoms with van der Waals surface area (Å²) in [7, 11) is 0. The molecule has 11 aliphatic carbocycles. The highest BCUT2D eigenvalue weighted by atomic mass is 16.5. The molecule has 0 bridgehead atoms. The standard InChI is InChI=1S/C49H68O/c1-3-14-33-31(12-1)32-13-2-4-15-34(32)39-28-45-40(27-38(33)39)35-16-5-8-20-42(35)49(45)43-21-9-6-18-37(43)48-30(19-11-22-44(48)49)29-24-25-47-41(26-29)36-17-7-10-23-46(36)50-47/h7,11,17,22,29-36,40-42,44-48H,1-6,8-10,12-16,18-21,23-28H2. The molecule has 1 heterocycles. The van der Waals surface area contributed by atoms with Crippen molar-refractivity contribution < 1.29 is 4.74 Å². The first-order valence-electron chi connectivity index (χ1n) is 23.2. The third kappa shape index (κ3) is 4.23. The van der Waals surface area contributed by atoms with E-state index in [9.17, 15) is 0 Å². The van der Waals surface area contributed by atoms with E-state index < -0.39 is 0 Å². The molecule has 0 amide bonds. The van der Waals surface area contributed by atoms with Gasteiger partial charge in [0.15, 0.2) is 0 Å². The van der Waals surface area contributed by atoms with E-state index in [0.717, 1.165) is 82.9 Å². The molecular formula is C49H68O. The molecule has 0 aromatic heterocycles. The van der Waals surface area contributed by atoms with Crippen molar-refractivity contribution in [3.05, 3.63) is 46.6 Å². The second-order valence-corrected chi connectivity index (χ2v) is 20.9. The number of rotatable bonds is 1. The first-order valence-corrected chi connectivity index (χ1v) is 23.2. The fourth-order valence-electron chi connectivity index (χ4n) is 18.6. The van der Waals surface area contributed by atoms with Crippen molar-refractivity contribution in [1.29, 1.82) is 0 Å². The van der Waals surface area contributed by atoms with Gasteiger partial charge in [0, 0.05) is 11.3 Å². The summed E-state index contributed by atoms with van der Waals surface area (Å²) in [6, 6.07) is 0. The summed E-state index contributed by atoms with van der Waals surface area (Å²) in [6.45, 7) is 0. The molecule has 0 radical (unpaired) electrons. The lowest BCUT2D eigenvalue weighted by atomic mass is 9.49. The maximum Gasteiger partial charge on any atom is 0.0648 e. The summed E-state index contributed by atoms with van der Waals surface area (Å²) in [4.78, 5) is 0. The minimum absolute atomic E-state index is 0.516. The van der Waals surface area contributed by atoms with E-state index in [-0.39, 0.29) is 0 Å². The van der Waals surface area contributed by atoms with E-state index in [1.165, 1.54) is 103 Å². The van der Waals surface area contributed by atoms with Crippen LogP contribution in [0, 0.1) is 88.3 Å². The Balaban J connectivity index is 0.948. The molecule has 12 rings (SSSR count). The van der Waals surface area contributed by atoms with Gasteiger partial charge in [0.25, 0.3) is 0 Å². The zero-order valence-electron chi connectivity index (χ0n) is 31.4. The second-order valence-electron chi connectivity index (χ2n) is 20.9. The summed E-state index contributed by atoms with van der Waals surface area (Å²) in [6.07, 6.45) is 47.8. The summed E-state index contributed by atoms with van der Waals surface area (Å²) in [5.41, 5.74) is 9.05. The van der Waals surface area contributed by atoms with E-state index in [1.807, 2.05) is 0 Å². The second kappa shape index (κ2) is 12.0. The van der Waals surface area contributed by atoms with Crippen molar-refractivity contribution in [1.82, 2.24) is 0 Å². The van der Waals surface area contributed by atoms with E-state index in [1.54, 1.807) is 51.4 Å². The van der Waals surface area contributed by atoms with Crippen LogP contribution in [0.5, 0.6) is 0 Å². The van der Waals surface area contributed by atoms with Crippen LogP contribution in [-0.2, 0) is 4.74 Å². The average Bonchev–Trinajstić information content (AvgIpc) is 3.81. The van der Waals surface area contributed by atoms with Gasteiger partial charge in [0.05, 0.1) is 12.2 Å². The molecule has 0 N–H and O–H groups in total. The predicted octanol–water partition coefficient (Wildman–Crippen LogP) is 12.6. The fraction of sp³-hybridized carbons (Fsp3) is 0.837. The van der Waals surface area contributed by atoms with Gasteiger partial charge in [-0.1, -0.05) is 85.1 Å². The SMILES string of the molecule is C1=CC2C(CC1)OC1CCC(C3CC=CC4C3C3=C(CCCC3)C43C4CCCCC4C4CC5=C(CC43)C3CCCCC3C3CCCCC53)CC12. The Morgan fingerprint density at radius 1 is 0.540 bits per heavy atom. The third-order valence-electron chi connectivity index (χ3n) is 19.8. The van der Waals surface area contributed by atoms with E-state index in [0.29, 0.717) is 17.6 Å². The molecule has 1 heteroatoms. The summed E-state index contributed by atoms with van der Waals surface area (Å²) in [5.74, 6) is 13.1. The molecule has 1 saturated heterocycles. The van der Waals surface area contributed by atoms with Gasteiger partial charge in [-0.25, -0.2) is 0 Å². The number of hydrogen-bond donors (Lipinski definition) is 0. The Hall–Kier alpha value is -1.08. The zero-order chi connectivity index (χ0) is 32.6. The van der Waals surface area contributed by atoms with Gasteiger partial charge in [0.1, 0.15) is 0 Å². The highest BCUT2D eigenvalue weighted by Crippen LogP contribution is 2.77. The van der Waals surface area contributed by atoms with E-state index >= 15 is 0 Å². The molecule has 17 atom stereocenters. The predicted molar refractivity (Wildman–Crippen MR) is 203 cm³/mol. The smallest absolute Gasteiger partial charge is 0.0648 e. The Morgan fingerprint density at radius 2 is 1.30 bits per heavy atom. The molecule has 6 fully saturated rings. The minimum atomic E-state index is 0.516. The Morgan fingerprint density at radius 3 is 2.16 bits per heavy atom. The largest absolute Gasteiger partial charge is 0.374 e. The molecule has 0 aromatic carbocycles. The molecule has 1 nitrogen and oxygen atoms in total. The van der Waals surface area contributed by atoms with Crippen LogP contribution in [0.1, 0.15) is 154 Å². The lowest BCUT2D eigenvalue weighted by Crippen LogP contribution is -2.47. The van der Waals surface area contributed by atoms with Crippen LogP contribution < -0.4 is 0 Å². The lowest BCUT2D eigenvalue weighted by Gasteiger charge is -2.55. The van der Waals surface area contributed by atoms with E-state index in [4.69, 9.17) is 4.74 Å². The summed E-state index contributed by atoms with van der Waals surface area (Å²) >= 11 is 0. The van der Waals surface area contributed by atoms with Crippen LogP contribution >= 0.6 is 0 Å². The molecule has 17 unspecified atom stereocenters.